The van der Waals surface area contributed by atoms with E-state index in [1.54, 1.807) is 0 Å². The normalized spacial score (nSPS) is 11.1. The molecule has 0 N–H and O–H groups in total. The lowest BCUT2D eigenvalue weighted by Crippen LogP contribution is -1.91. The number of pyridine rings is 1. The molecule has 3 heteroatoms. The Morgan fingerprint density at radius 1 is 1.00 bits per heavy atom. The number of hydrogen-bond acceptors (Lipinski definition) is 1. The molecule has 2 aromatic heterocycles. The van der Waals surface area contributed by atoms with Crippen molar-refractivity contribution in [2.45, 2.75) is 0 Å². The van der Waals surface area contributed by atoms with Crippen LogP contribution >= 0.6 is 0 Å². The molecule has 0 bridgehead atoms. The molecule has 0 aliphatic heterocycles. The summed E-state index contributed by atoms with van der Waals surface area (Å²) in [6.45, 7) is 0. The van der Waals surface area contributed by atoms with Gasteiger partial charge in [-0.25, -0.2) is 4.98 Å². The minimum Gasteiger partial charge on any atom is -0.378 e. The van der Waals surface area contributed by atoms with Gasteiger partial charge in [0.2, 0.25) is 7.98 Å². The zero-order valence-electron chi connectivity index (χ0n) is 7.94. The molecule has 0 atom stereocenters. The van der Waals surface area contributed by atoms with E-state index in [-0.39, 0.29) is 0 Å². The Kier molecular flexibility index (Phi) is 1.42. The highest BCUT2D eigenvalue weighted by molar-refractivity contribution is 6.20. The van der Waals surface area contributed by atoms with Crippen LogP contribution in [-0.4, -0.2) is 17.4 Å². The molecule has 0 amide bonds. The lowest BCUT2D eigenvalue weighted by atomic mass is 10.2. The average molecular weight is 180 g/mol. The molecule has 2 heterocycles. The third-order valence-corrected chi connectivity index (χ3v) is 2.66. The van der Waals surface area contributed by atoms with E-state index in [4.69, 9.17) is 0 Å². The number of rotatable bonds is 0. The second-order valence-electron chi connectivity index (χ2n) is 3.45. The second-order valence-corrected chi connectivity index (χ2v) is 3.45. The molecule has 0 saturated heterocycles. The van der Waals surface area contributed by atoms with Gasteiger partial charge in [-0.05, 0) is 18.2 Å². The maximum atomic E-state index is 4.38. The van der Waals surface area contributed by atoms with E-state index in [0.717, 1.165) is 5.65 Å². The maximum Gasteiger partial charge on any atom is 0.225 e. The van der Waals surface area contributed by atoms with Crippen LogP contribution in [0.4, 0.5) is 0 Å². The molecule has 0 saturated carbocycles. The molecule has 1 aromatic carbocycles. The van der Waals surface area contributed by atoms with Crippen molar-refractivity contribution in [3.8, 4) is 0 Å². The first-order chi connectivity index (χ1) is 6.88. The van der Waals surface area contributed by atoms with Crippen LogP contribution in [0.25, 0.3) is 21.9 Å². The van der Waals surface area contributed by atoms with Crippen molar-refractivity contribution < 1.29 is 0 Å². The van der Waals surface area contributed by atoms with Crippen LogP contribution in [0.15, 0.2) is 42.6 Å². The van der Waals surface area contributed by atoms with Gasteiger partial charge in [-0.3, -0.25) is 0 Å². The fourth-order valence-corrected chi connectivity index (χ4v) is 1.98. The van der Waals surface area contributed by atoms with Gasteiger partial charge in [-0.2, -0.15) is 0 Å². The first-order valence-corrected chi connectivity index (χ1v) is 4.66. The van der Waals surface area contributed by atoms with Gasteiger partial charge in [-0.1, -0.05) is 18.2 Å². The van der Waals surface area contributed by atoms with Gasteiger partial charge in [0.05, 0.1) is 0 Å². The van der Waals surface area contributed by atoms with Crippen molar-refractivity contribution in [3.63, 3.8) is 0 Å². The van der Waals surface area contributed by atoms with Crippen molar-refractivity contribution in [2.75, 3.05) is 0 Å². The molecule has 2 nitrogen and oxygen atoms in total. The summed E-state index contributed by atoms with van der Waals surface area (Å²) in [4.78, 5) is 4.38. The number of aromatic nitrogens is 2. The summed E-state index contributed by atoms with van der Waals surface area (Å²) < 4.78 is 2.13. The molecule has 0 spiro atoms. The average Bonchev–Trinajstić information content (AvgIpc) is 2.55. The smallest absolute Gasteiger partial charge is 0.225 e. The van der Waals surface area contributed by atoms with E-state index in [1.165, 1.54) is 16.3 Å². The number of nitrogens with zero attached hydrogens (tertiary/aromatic N) is 2. The van der Waals surface area contributed by atoms with E-state index in [9.17, 15) is 0 Å². The van der Waals surface area contributed by atoms with Crippen molar-refractivity contribution in [1.82, 2.24) is 9.46 Å². The molecular weight excluding hydrogens is 171 g/mol. The Hall–Kier alpha value is -1.77. The lowest BCUT2D eigenvalue weighted by molar-refractivity contribution is 1.28. The summed E-state index contributed by atoms with van der Waals surface area (Å²) in [6, 6.07) is 12.5. The number of para-hydroxylation sites is 1. The fourth-order valence-electron chi connectivity index (χ4n) is 1.98. The summed E-state index contributed by atoms with van der Waals surface area (Å²) in [5.74, 6) is 0. The number of fused-ring (bicyclic) bond motifs is 3. The predicted molar refractivity (Wildman–Crippen MR) is 61.2 cm³/mol. The molecule has 0 aliphatic carbocycles. The van der Waals surface area contributed by atoms with Crippen LogP contribution in [0.2, 0.25) is 0 Å². The van der Waals surface area contributed by atoms with Gasteiger partial charge in [0.25, 0.3) is 0 Å². The van der Waals surface area contributed by atoms with Gasteiger partial charge in [0.15, 0.2) is 0 Å². The van der Waals surface area contributed by atoms with E-state index in [0.29, 0.717) is 0 Å². The molecular formula is C11H9BN2. The molecule has 0 fully saturated rings. The van der Waals surface area contributed by atoms with Crippen LogP contribution in [0.3, 0.4) is 0 Å². The summed E-state index contributed by atoms with van der Waals surface area (Å²) in [6.07, 6.45) is 1.83. The van der Waals surface area contributed by atoms with Gasteiger partial charge >= 0.3 is 0 Å². The SMILES string of the molecule is Bn1c2ccccc2c2cccnc21. The topological polar surface area (TPSA) is 17.8 Å². The Balaban J connectivity index is 2.69. The molecule has 0 radical (unpaired) electrons. The number of hydrogen-bond donors (Lipinski definition) is 0. The Morgan fingerprint density at radius 2 is 1.79 bits per heavy atom. The Labute approximate surface area is 82.6 Å². The summed E-state index contributed by atoms with van der Waals surface area (Å²) in [7, 11) is 2.05. The zero-order valence-corrected chi connectivity index (χ0v) is 7.94. The van der Waals surface area contributed by atoms with Crippen LogP contribution in [0.1, 0.15) is 0 Å². The van der Waals surface area contributed by atoms with E-state index in [2.05, 4.69) is 47.8 Å². The highest BCUT2D eigenvalue weighted by Crippen LogP contribution is 2.25. The van der Waals surface area contributed by atoms with Gasteiger partial charge in [0.1, 0.15) is 5.65 Å². The van der Waals surface area contributed by atoms with Crippen molar-refractivity contribution in [1.29, 1.82) is 0 Å². The van der Waals surface area contributed by atoms with E-state index in [1.807, 2.05) is 12.3 Å². The fraction of sp³-hybridized carbons (Fsp3) is 0. The van der Waals surface area contributed by atoms with Crippen molar-refractivity contribution in [2.24, 2.45) is 0 Å². The highest BCUT2D eigenvalue weighted by Gasteiger charge is 2.05. The van der Waals surface area contributed by atoms with Crippen LogP contribution < -0.4 is 0 Å². The summed E-state index contributed by atoms with van der Waals surface area (Å²) >= 11 is 0. The predicted octanol–water partition coefficient (Wildman–Crippen LogP) is 1.59. The number of benzene rings is 1. The zero-order chi connectivity index (χ0) is 9.54. The van der Waals surface area contributed by atoms with Gasteiger partial charge in [0, 0.05) is 22.5 Å². The minimum absolute atomic E-state index is 1.05. The van der Waals surface area contributed by atoms with Crippen LogP contribution in [0.5, 0.6) is 0 Å². The standard InChI is InChI=1S/C11H9BN2/c12-14-10-6-2-1-4-8(10)9-5-3-7-13-11(9)14/h1-7H,12H2. The molecule has 3 aromatic rings. The van der Waals surface area contributed by atoms with Gasteiger partial charge in [-0.15, -0.1) is 0 Å². The van der Waals surface area contributed by atoms with Crippen LogP contribution in [-0.2, 0) is 0 Å². The molecule has 66 valence electrons. The summed E-state index contributed by atoms with van der Waals surface area (Å²) in [5, 5.41) is 2.50. The lowest BCUT2D eigenvalue weighted by Gasteiger charge is -1.94. The van der Waals surface area contributed by atoms with Crippen molar-refractivity contribution >= 4 is 29.9 Å². The van der Waals surface area contributed by atoms with Crippen LogP contribution in [0, 0.1) is 0 Å². The quantitative estimate of drug-likeness (QED) is 0.480. The molecule has 14 heavy (non-hydrogen) atoms. The first-order valence-electron chi connectivity index (χ1n) is 4.66. The Bertz CT molecular complexity index is 560. The molecule has 0 aliphatic rings. The maximum absolute atomic E-state index is 4.38. The van der Waals surface area contributed by atoms with E-state index < -0.39 is 0 Å². The summed E-state index contributed by atoms with van der Waals surface area (Å²) in [5.41, 5.74) is 2.29. The molecule has 3 rings (SSSR count). The first kappa shape index (κ1) is 7.62. The monoisotopic (exact) mass is 180 g/mol. The van der Waals surface area contributed by atoms with Gasteiger partial charge < -0.3 is 4.48 Å². The third-order valence-electron chi connectivity index (χ3n) is 2.66. The minimum atomic E-state index is 1.05. The largest absolute Gasteiger partial charge is 0.378 e. The highest BCUT2D eigenvalue weighted by atomic mass is 15.0. The van der Waals surface area contributed by atoms with E-state index >= 15 is 0 Å². The third kappa shape index (κ3) is 0.840. The second kappa shape index (κ2) is 2.61. The Morgan fingerprint density at radius 3 is 2.71 bits per heavy atom. The molecule has 0 unspecified atom stereocenters. The van der Waals surface area contributed by atoms with Crippen molar-refractivity contribution in [3.05, 3.63) is 42.6 Å².